The second kappa shape index (κ2) is 10.8. The van der Waals surface area contributed by atoms with Crippen LogP contribution >= 0.6 is 12.2 Å². The number of nitrogens with one attached hydrogen (secondary N) is 2. The number of nitrogens with zero attached hydrogens (tertiary/aromatic N) is 1. The Balaban J connectivity index is 1.26. The summed E-state index contributed by atoms with van der Waals surface area (Å²) in [6.07, 6.45) is 1.07. The Morgan fingerprint density at radius 3 is 2.38 bits per heavy atom. The number of oxazole rings is 1. The van der Waals surface area contributed by atoms with Crippen molar-refractivity contribution in [2.75, 3.05) is 5.32 Å². The topological polar surface area (TPSA) is 67.2 Å². The molecule has 1 aromatic heterocycles. The summed E-state index contributed by atoms with van der Waals surface area (Å²) in [6.45, 7) is 4.38. The second-order valence-corrected chi connectivity index (χ2v) is 9.40. The van der Waals surface area contributed by atoms with Gasteiger partial charge in [0, 0.05) is 16.8 Å². The predicted octanol–water partition coefficient (Wildman–Crippen LogP) is 7.80. The lowest BCUT2D eigenvalue weighted by molar-refractivity contribution is 0.0977. The van der Waals surface area contributed by atoms with E-state index in [2.05, 4.69) is 36.6 Å². The smallest absolute Gasteiger partial charge is 0.257 e. The van der Waals surface area contributed by atoms with Gasteiger partial charge in [0.1, 0.15) is 5.52 Å². The van der Waals surface area contributed by atoms with Gasteiger partial charge < -0.3 is 9.73 Å². The van der Waals surface area contributed by atoms with Gasteiger partial charge in [0.15, 0.2) is 10.7 Å². The van der Waals surface area contributed by atoms with Gasteiger partial charge in [-0.2, -0.15) is 0 Å². The molecule has 5 rings (SSSR count). The highest BCUT2D eigenvalue weighted by Gasteiger charge is 2.13. The van der Waals surface area contributed by atoms with Gasteiger partial charge in [-0.3, -0.25) is 10.1 Å². The molecule has 4 aromatic carbocycles. The molecule has 0 spiro atoms. The normalized spacial score (nSPS) is 11.7. The number of hydrogen-bond donors (Lipinski definition) is 2. The molecule has 0 saturated heterocycles. The van der Waals surface area contributed by atoms with Gasteiger partial charge in [0.25, 0.3) is 5.91 Å². The van der Waals surface area contributed by atoms with Crippen LogP contribution in [0.1, 0.15) is 42.1 Å². The van der Waals surface area contributed by atoms with E-state index in [-0.39, 0.29) is 11.0 Å². The van der Waals surface area contributed by atoms with E-state index in [9.17, 15) is 4.79 Å². The molecule has 37 heavy (non-hydrogen) atoms. The van der Waals surface area contributed by atoms with Crippen LogP contribution in [-0.4, -0.2) is 16.0 Å². The molecule has 5 aromatic rings. The summed E-state index contributed by atoms with van der Waals surface area (Å²) in [7, 11) is 0. The summed E-state index contributed by atoms with van der Waals surface area (Å²) in [5.41, 5.74) is 7.06. The molecule has 2 N–H and O–H groups in total. The largest absolute Gasteiger partial charge is 0.436 e. The molecule has 0 aliphatic carbocycles. The maximum absolute atomic E-state index is 12.7. The summed E-state index contributed by atoms with van der Waals surface area (Å²) >= 11 is 5.40. The lowest BCUT2D eigenvalue weighted by Crippen LogP contribution is -2.34. The van der Waals surface area contributed by atoms with E-state index in [1.165, 1.54) is 5.56 Å². The lowest BCUT2D eigenvalue weighted by atomic mass is 9.98. The Morgan fingerprint density at radius 1 is 0.892 bits per heavy atom. The van der Waals surface area contributed by atoms with Crippen molar-refractivity contribution < 1.29 is 9.21 Å². The SMILES string of the molecule is CC[C@@H](C)c1ccc2oc(-c3cccc(NC(=S)NC(=O)c4ccc(-c5ccccc5)cc4)c3)nc2c1. The fourth-order valence-electron chi connectivity index (χ4n) is 4.12. The van der Waals surface area contributed by atoms with Crippen LogP contribution in [0.2, 0.25) is 0 Å². The third-order valence-electron chi connectivity index (χ3n) is 6.44. The van der Waals surface area contributed by atoms with Gasteiger partial charge in [-0.15, -0.1) is 0 Å². The predicted molar refractivity (Wildman–Crippen MR) is 154 cm³/mol. The van der Waals surface area contributed by atoms with Crippen LogP contribution < -0.4 is 10.6 Å². The number of aromatic nitrogens is 1. The number of carbonyl (C=O) groups excluding carboxylic acids is 1. The molecule has 5 nitrogen and oxygen atoms in total. The van der Waals surface area contributed by atoms with Crippen molar-refractivity contribution in [1.82, 2.24) is 10.3 Å². The van der Waals surface area contributed by atoms with E-state index < -0.39 is 0 Å². The van der Waals surface area contributed by atoms with Crippen molar-refractivity contribution in [2.45, 2.75) is 26.2 Å². The zero-order valence-electron chi connectivity index (χ0n) is 20.7. The van der Waals surface area contributed by atoms with Crippen LogP contribution in [0.25, 0.3) is 33.7 Å². The number of carbonyl (C=O) groups is 1. The van der Waals surface area contributed by atoms with Crippen molar-refractivity contribution in [3.63, 3.8) is 0 Å². The summed E-state index contributed by atoms with van der Waals surface area (Å²) in [6, 6.07) is 31.2. The van der Waals surface area contributed by atoms with Crippen molar-refractivity contribution in [3.8, 4) is 22.6 Å². The van der Waals surface area contributed by atoms with Crippen LogP contribution in [0.3, 0.4) is 0 Å². The fraction of sp³-hybridized carbons (Fsp3) is 0.129. The first-order valence-corrected chi connectivity index (χ1v) is 12.7. The molecule has 1 heterocycles. The zero-order chi connectivity index (χ0) is 25.8. The van der Waals surface area contributed by atoms with Gasteiger partial charge in [-0.1, -0.05) is 68.4 Å². The van der Waals surface area contributed by atoms with E-state index in [1.54, 1.807) is 12.1 Å². The minimum Gasteiger partial charge on any atom is -0.436 e. The van der Waals surface area contributed by atoms with Crippen LogP contribution in [0.5, 0.6) is 0 Å². The van der Waals surface area contributed by atoms with Gasteiger partial charge in [-0.05, 0) is 83.7 Å². The number of benzene rings is 4. The molecule has 0 fully saturated rings. The first-order chi connectivity index (χ1) is 18.0. The highest BCUT2D eigenvalue weighted by Crippen LogP contribution is 2.29. The number of anilines is 1. The molecule has 1 atom stereocenters. The van der Waals surface area contributed by atoms with Crippen LogP contribution in [-0.2, 0) is 0 Å². The first kappa shape index (κ1) is 24.4. The minimum absolute atomic E-state index is 0.213. The Bertz CT molecular complexity index is 1560. The zero-order valence-corrected chi connectivity index (χ0v) is 21.5. The molecule has 0 bridgehead atoms. The maximum Gasteiger partial charge on any atom is 0.257 e. The highest BCUT2D eigenvalue weighted by molar-refractivity contribution is 7.80. The molecule has 1 amide bonds. The average Bonchev–Trinajstić information content (AvgIpc) is 3.37. The molecule has 0 saturated carbocycles. The molecule has 6 heteroatoms. The number of rotatable bonds is 6. The highest BCUT2D eigenvalue weighted by atomic mass is 32.1. The van der Waals surface area contributed by atoms with E-state index in [0.29, 0.717) is 17.4 Å². The monoisotopic (exact) mass is 505 g/mol. The molecular formula is C31H27N3O2S. The molecular weight excluding hydrogens is 478 g/mol. The van der Waals surface area contributed by atoms with Crippen molar-refractivity contribution >= 4 is 40.0 Å². The second-order valence-electron chi connectivity index (χ2n) is 8.99. The third kappa shape index (κ3) is 5.60. The Hall–Kier alpha value is -4.29. The summed E-state index contributed by atoms with van der Waals surface area (Å²) in [5, 5.41) is 6.05. The van der Waals surface area contributed by atoms with Crippen LogP contribution in [0.15, 0.2) is 101 Å². The Labute approximate surface area is 221 Å². The van der Waals surface area contributed by atoms with Crippen LogP contribution in [0.4, 0.5) is 5.69 Å². The van der Waals surface area contributed by atoms with Crippen molar-refractivity contribution in [1.29, 1.82) is 0 Å². The third-order valence-corrected chi connectivity index (χ3v) is 6.65. The number of amides is 1. The van der Waals surface area contributed by atoms with E-state index in [4.69, 9.17) is 21.6 Å². The maximum atomic E-state index is 12.7. The van der Waals surface area contributed by atoms with Crippen molar-refractivity contribution in [3.05, 3.63) is 108 Å². The molecule has 0 unspecified atom stereocenters. The molecule has 0 aliphatic heterocycles. The van der Waals surface area contributed by atoms with Gasteiger partial charge in [0.05, 0.1) is 0 Å². The quantitative estimate of drug-likeness (QED) is 0.230. The summed E-state index contributed by atoms with van der Waals surface area (Å²) < 4.78 is 6.00. The number of hydrogen-bond acceptors (Lipinski definition) is 4. The van der Waals surface area contributed by atoms with Crippen LogP contribution in [0, 0.1) is 0 Å². The fourth-order valence-corrected chi connectivity index (χ4v) is 4.33. The van der Waals surface area contributed by atoms with Gasteiger partial charge in [0.2, 0.25) is 5.89 Å². The van der Waals surface area contributed by atoms with E-state index in [1.807, 2.05) is 72.8 Å². The summed E-state index contributed by atoms with van der Waals surface area (Å²) in [5.74, 6) is 0.729. The minimum atomic E-state index is -0.274. The van der Waals surface area contributed by atoms with Crippen molar-refractivity contribution in [2.24, 2.45) is 0 Å². The average molecular weight is 506 g/mol. The molecule has 184 valence electrons. The van der Waals surface area contributed by atoms with E-state index in [0.717, 1.165) is 39.9 Å². The Morgan fingerprint density at radius 2 is 1.62 bits per heavy atom. The van der Waals surface area contributed by atoms with Gasteiger partial charge >= 0.3 is 0 Å². The molecule has 0 aliphatic rings. The van der Waals surface area contributed by atoms with Gasteiger partial charge in [-0.25, -0.2) is 4.98 Å². The standard InChI is InChI=1S/C31H27N3O2S/c1-3-20(2)24-16-17-28-27(19-24)33-30(36-28)25-10-7-11-26(18-25)32-31(37)34-29(35)23-14-12-22(13-15-23)21-8-5-4-6-9-21/h4-20H,3H2,1-2H3,(H2,32,34,35,37)/t20-/m1/s1. The number of fused-ring (bicyclic) bond motifs is 1. The lowest BCUT2D eigenvalue weighted by Gasteiger charge is -2.10. The first-order valence-electron chi connectivity index (χ1n) is 12.3. The Kier molecular flexibility index (Phi) is 7.10. The van der Waals surface area contributed by atoms with E-state index >= 15 is 0 Å². The summed E-state index contributed by atoms with van der Waals surface area (Å²) in [4.78, 5) is 17.4. The number of thiocarbonyl (C=S) groups is 1. The molecule has 0 radical (unpaired) electrons.